The SMILES string of the molecule is Cc1cn(-c2ccnc3nc(-c4[nH]nc5c(Cc6cn(C7=CC=CNc8nc(-c9nn(C)c%10ccc(-c%11cncc(NC(=O)C(C)(C)C)c%11)c(F)c9%10)[nH]c87)cn6)cc(-c6cnccc6C)c(F)c45)[nH]c23)cn1. The van der Waals surface area contributed by atoms with E-state index in [4.69, 9.17) is 25.1 Å². The zero-order chi connectivity index (χ0) is 49.6. The standard InChI is InChI=1S/C52H43F2N17O/c1-26-11-14-55-21-34(26)33-18-28(42-39(41(33)54)45(67-66-42)49-62-44-37(12-15-58-48(44)64-49)70-22-27(2)59-24-70)16-31-23-71(25-60-31)36-8-7-13-57-47-43(36)63-50(65-47)46-38-35(69(6)68-46)10-9-32(40(38)53)29-17-30(20-56-19-29)61-51(72)52(3,4)5/h7-15,17-25,57H,16H2,1-6H3,(H,61,72)(H,63,65)(H,66,67)(H,58,62,64). The molecule has 0 fully saturated rings. The number of rotatable bonds is 9. The number of aryl methyl sites for hydroxylation is 3. The number of pyridine rings is 3. The van der Waals surface area contributed by atoms with Crippen molar-refractivity contribution in [3.05, 3.63) is 151 Å². The summed E-state index contributed by atoms with van der Waals surface area (Å²) in [5, 5.41) is 19.2. The Hall–Kier alpha value is -9.46. The van der Waals surface area contributed by atoms with Gasteiger partial charge in [-0.3, -0.25) is 24.5 Å². The van der Waals surface area contributed by atoms with Crippen LogP contribution in [-0.4, -0.2) is 79.9 Å². The first-order valence-corrected chi connectivity index (χ1v) is 22.9. The molecule has 0 aliphatic carbocycles. The number of fused-ring (bicyclic) bond motifs is 4. The third-order valence-corrected chi connectivity index (χ3v) is 12.8. The Labute approximate surface area is 408 Å². The number of carbonyl (C=O) groups excluding carboxylic acids is 1. The second kappa shape index (κ2) is 16.6. The smallest absolute Gasteiger partial charge is 0.229 e. The van der Waals surface area contributed by atoms with Gasteiger partial charge in [0.05, 0.1) is 69.1 Å². The quantitative estimate of drug-likeness (QED) is 0.0917. The van der Waals surface area contributed by atoms with E-state index in [9.17, 15) is 4.79 Å². The summed E-state index contributed by atoms with van der Waals surface area (Å²) in [6.07, 6.45) is 21.1. The summed E-state index contributed by atoms with van der Waals surface area (Å²) in [6.45, 7) is 9.27. The largest absolute Gasteiger partial charge is 0.345 e. The highest BCUT2D eigenvalue weighted by Crippen LogP contribution is 2.40. The molecule has 10 heterocycles. The van der Waals surface area contributed by atoms with E-state index in [-0.39, 0.29) is 28.7 Å². The number of aromatic nitrogens is 15. The van der Waals surface area contributed by atoms with Gasteiger partial charge in [-0.1, -0.05) is 20.8 Å². The number of benzene rings is 2. The van der Waals surface area contributed by atoms with Gasteiger partial charge < -0.3 is 29.7 Å². The van der Waals surface area contributed by atoms with Gasteiger partial charge in [-0.25, -0.2) is 33.7 Å². The molecule has 0 radical (unpaired) electrons. The number of H-pyrrole nitrogens is 3. The Kier molecular flexibility index (Phi) is 10.1. The van der Waals surface area contributed by atoms with Crippen LogP contribution in [0.15, 0.2) is 111 Å². The van der Waals surface area contributed by atoms with E-state index in [0.29, 0.717) is 96.1 Å². The van der Waals surface area contributed by atoms with Gasteiger partial charge >= 0.3 is 0 Å². The summed E-state index contributed by atoms with van der Waals surface area (Å²) >= 11 is 0. The highest BCUT2D eigenvalue weighted by molar-refractivity contribution is 6.00. The zero-order valence-corrected chi connectivity index (χ0v) is 39.6. The number of halogens is 2. The van der Waals surface area contributed by atoms with E-state index in [1.54, 1.807) is 73.6 Å². The van der Waals surface area contributed by atoms with E-state index < -0.39 is 17.0 Å². The Morgan fingerprint density at radius 3 is 2.49 bits per heavy atom. The van der Waals surface area contributed by atoms with E-state index in [1.807, 2.05) is 86.5 Å². The number of carbonyl (C=O) groups is 1. The van der Waals surface area contributed by atoms with Crippen LogP contribution < -0.4 is 10.6 Å². The monoisotopic (exact) mass is 959 g/mol. The summed E-state index contributed by atoms with van der Waals surface area (Å²) in [7, 11) is 1.75. The second-order valence-corrected chi connectivity index (χ2v) is 18.7. The van der Waals surface area contributed by atoms with Gasteiger partial charge in [0, 0.05) is 84.5 Å². The third kappa shape index (κ3) is 7.38. The minimum Gasteiger partial charge on any atom is -0.345 e. The summed E-state index contributed by atoms with van der Waals surface area (Å²) in [5.74, 6) is -0.0105. The minimum absolute atomic E-state index is 0.189. The molecule has 0 atom stereocenters. The van der Waals surface area contributed by atoms with Gasteiger partial charge in [0.2, 0.25) is 5.91 Å². The number of allylic oxidation sites excluding steroid dienone is 2. The normalized spacial score (nSPS) is 12.7. The lowest BCUT2D eigenvalue weighted by Gasteiger charge is -2.17. The number of nitrogens with zero attached hydrogens (tertiary/aromatic N) is 12. The molecule has 72 heavy (non-hydrogen) atoms. The second-order valence-electron chi connectivity index (χ2n) is 18.7. The van der Waals surface area contributed by atoms with E-state index in [1.165, 1.54) is 6.20 Å². The zero-order valence-electron chi connectivity index (χ0n) is 39.6. The van der Waals surface area contributed by atoms with Crippen LogP contribution >= 0.6 is 0 Å². The van der Waals surface area contributed by atoms with Crippen LogP contribution in [0, 0.1) is 30.9 Å². The van der Waals surface area contributed by atoms with Crippen molar-refractivity contribution >= 4 is 56.1 Å². The van der Waals surface area contributed by atoms with Crippen LogP contribution in [0.1, 0.15) is 49.0 Å². The number of hydrogen-bond donors (Lipinski definition) is 5. The lowest BCUT2D eigenvalue weighted by atomic mass is 9.95. The van der Waals surface area contributed by atoms with Gasteiger partial charge in [-0.15, -0.1) is 0 Å². The molecule has 18 nitrogen and oxygen atoms in total. The van der Waals surface area contributed by atoms with Crippen molar-refractivity contribution in [2.75, 3.05) is 10.6 Å². The molecule has 0 spiro atoms. The van der Waals surface area contributed by atoms with Crippen LogP contribution in [0.4, 0.5) is 20.3 Å². The highest BCUT2D eigenvalue weighted by Gasteiger charge is 2.28. The summed E-state index contributed by atoms with van der Waals surface area (Å²) in [4.78, 5) is 51.6. The minimum atomic E-state index is -0.635. The molecule has 356 valence electrons. The average Bonchev–Trinajstić information content (AvgIpc) is 4.24. The Bertz CT molecular complexity index is 4060. The maximum Gasteiger partial charge on any atom is 0.229 e. The van der Waals surface area contributed by atoms with Gasteiger partial charge in [-0.05, 0) is 73.5 Å². The number of hydrogen-bond acceptors (Lipinski definition) is 11. The summed E-state index contributed by atoms with van der Waals surface area (Å²) in [6, 6.07) is 10.7. The fraction of sp³-hybridized carbons (Fsp3) is 0.154. The van der Waals surface area contributed by atoms with Gasteiger partial charge in [0.1, 0.15) is 34.2 Å². The molecule has 1 aliphatic rings. The molecule has 12 rings (SSSR count). The summed E-state index contributed by atoms with van der Waals surface area (Å²) in [5.41, 5.74) is 9.44. The van der Waals surface area contributed by atoms with E-state index >= 15 is 8.78 Å². The number of nitrogens with one attached hydrogen (secondary N) is 5. The topological polar surface area (TPSA) is 219 Å². The van der Waals surface area contributed by atoms with Crippen LogP contribution in [0.25, 0.3) is 89.6 Å². The Balaban J connectivity index is 0.900. The predicted molar refractivity (Wildman–Crippen MR) is 270 cm³/mol. The molecule has 0 saturated carbocycles. The molecule has 1 amide bonds. The van der Waals surface area contributed by atoms with Gasteiger partial charge in [-0.2, -0.15) is 10.2 Å². The van der Waals surface area contributed by atoms with Crippen LogP contribution in [0.5, 0.6) is 0 Å². The van der Waals surface area contributed by atoms with Crippen molar-refractivity contribution in [1.82, 2.24) is 74.0 Å². The number of amides is 1. The van der Waals surface area contributed by atoms with Crippen molar-refractivity contribution in [2.45, 2.75) is 41.0 Å². The molecule has 5 N–H and O–H groups in total. The molecular weight excluding hydrogens is 917 g/mol. The number of imidazole rings is 4. The third-order valence-electron chi connectivity index (χ3n) is 12.8. The van der Waals surface area contributed by atoms with Crippen molar-refractivity contribution in [3.8, 4) is 51.0 Å². The van der Waals surface area contributed by atoms with Crippen molar-refractivity contribution < 1.29 is 13.6 Å². The molecule has 2 aromatic carbocycles. The fourth-order valence-electron chi connectivity index (χ4n) is 9.06. The first-order valence-electron chi connectivity index (χ1n) is 22.9. The molecule has 0 bridgehead atoms. The molecule has 20 heteroatoms. The molecule has 11 aromatic rings. The lowest BCUT2D eigenvalue weighted by Crippen LogP contribution is -2.27. The maximum atomic E-state index is 17.2. The van der Waals surface area contributed by atoms with Gasteiger partial charge in [0.25, 0.3) is 0 Å². The Morgan fingerprint density at radius 1 is 0.819 bits per heavy atom. The number of aromatic amines is 3. The Morgan fingerprint density at radius 2 is 1.67 bits per heavy atom. The predicted octanol–water partition coefficient (Wildman–Crippen LogP) is 9.58. The van der Waals surface area contributed by atoms with Crippen LogP contribution in [0.2, 0.25) is 0 Å². The molecular formula is C52H43F2N17O. The molecule has 9 aromatic heterocycles. The number of anilines is 2. The first-order chi connectivity index (χ1) is 34.8. The summed E-state index contributed by atoms with van der Waals surface area (Å²) < 4.78 is 39.5. The van der Waals surface area contributed by atoms with E-state index in [2.05, 4.69) is 45.6 Å². The van der Waals surface area contributed by atoms with Crippen molar-refractivity contribution in [1.29, 1.82) is 0 Å². The average molecular weight is 960 g/mol. The highest BCUT2D eigenvalue weighted by atomic mass is 19.1. The van der Waals surface area contributed by atoms with Crippen molar-refractivity contribution in [3.63, 3.8) is 0 Å². The van der Waals surface area contributed by atoms with Crippen LogP contribution in [-0.2, 0) is 18.3 Å². The van der Waals surface area contributed by atoms with E-state index in [0.717, 1.165) is 16.9 Å². The van der Waals surface area contributed by atoms with Gasteiger partial charge in [0.15, 0.2) is 23.1 Å². The van der Waals surface area contributed by atoms with Crippen molar-refractivity contribution in [2.24, 2.45) is 12.5 Å². The maximum absolute atomic E-state index is 17.2. The molecule has 1 aliphatic heterocycles. The first kappa shape index (κ1) is 43.8. The molecule has 0 unspecified atom stereocenters. The van der Waals surface area contributed by atoms with Crippen LogP contribution in [0.3, 0.4) is 0 Å². The molecule has 0 saturated heterocycles. The fourth-order valence-corrected chi connectivity index (χ4v) is 9.06. The lowest BCUT2D eigenvalue weighted by molar-refractivity contribution is -0.123.